The highest BCUT2D eigenvalue weighted by molar-refractivity contribution is 6.21. The summed E-state index contributed by atoms with van der Waals surface area (Å²) in [4.78, 5) is 27.1. The molecule has 4 nitrogen and oxygen atoms in total. The maximum atomic E-state index is 12.9. The lowest BCUT2D eigenvalue weighted by molar-refractivity contribution is 0.0643. The van der Waals surface area contributed by atoms with Gasteiger partial charge in [-0.05, 0) is 39.6 Å². The summed E-state index contributed by atoms with van der Waals surface area (Å²) in [5.41, 5.74) is 4.33. The topological polar surface area (TPSA) is 49.4 Å². The number of fused-ring (bicyclic) bond motifs is 2. The van der Waals surface area contributed by atoms with Crippen LogP contribution in [0, 0.1) is 0 Å². The predicted octanol–water partition coefficient (Wildman–Crippen LogP) is 4.93. The number of amides is 2. The molecule has 0 spiro atoms. The number of nitrogens with one attached hydrogen (secondary N) is 1. The Hall–Kier alpha value is -3.76. The Bertz CT molecular complexity index is 1240. The van der Waals surface area contributed by atoms with Crippen LogP contribution in [-0.2, 0) is 19.6 Å². The highest BCUT2D eigenvalue weighted by Crippen LogP contribution is 2.28. The van der Waals surface area contributed by atoms with Gasteiger partial charge < -0.3 is 5.32 Å². The van der Waals surface area contributed by atoms with Crippen molar-refractivity contribution in [2.45, 2.75) is 19.6 Å². The molecule has 0 saturated heterocycles. The number of hydrogen-bond acceptors (Lipinski definition) is 3. The first kappa shape index (κ1) is 19.2. The Kier molecular flexibility index (Phi) is 5.06. The Labute approximate surface area is 181 Å². The van der Waals surface area contributed by atoms with E-state index in [0.29, 0.717) is 17.7 Å². The lowest BCUT2D eigenvalue weighted by Gasteiger charge is -2.18. The number of benzene rings is 4. The largest absolute Gasteiger partial charge is 0.309 e. The molecule has 152 valence electrons. The van der Waals surface area contributed by atoms with Crippen LogP contribution in [0.4, 0.5) is 0 Å². The first-order valence-corrected chi connectivity index (χ1v) is 10.4. The van der Waals surface area contributed by atoms with Crippen molar-refractivity contribution in [3.05, 3.63) is 119 Å². The fourth-order valence-electron chi connectivity index (χ4n) is 4.27. The predicted molar refractivity (Wildman–Crippen MR) is 122 cm³/mol. The van der Waals surface area contributed by atoms with Gasteiger partial charge in [-0.15, -0.1) is 0 Å². The second-order valence-corrected chi connectivity index (χ2v) is 7.76. The lowest BCUT2D eigenvalue weighted by Crippen LogP contribution is -2.29. The van der Waals surface area contributed by atoms with Crippen LogP contribution < -0.4 is 5.32 Å². The molecule has 2 amide bonds. The van der Waals surface area contributed by atoms with Crippen LogP contribution in [0.3, 0.4) is 0 Å². The van der Waals surface area contributed by atoms with Crippen LogP contribution in [0.5, 0.6) is 0 Å². The molecule has 0 aromatic heterocycles. The fourth-order valence-corrected chi connectivity index (χ4v) is 4.27. The minimum Gasteiger partial charge on any atom is -0.309 e. The van der Waals surface area contributed by atoms with Gasteiger partial charge in [-0.1, -0.05) is 78.9 Å². The van der Waals surface area contributed by atoms with Gasteiger partial charge in [0.05, 0.1) is 17.7 Å². The molecule has 0 unspecified atom stereocenters. The monoisotopic (exact) mass is 406 g/mol. The first-order valence-electron chi connectivity index (χ1n) is 10.4. The van der Waals surface area contributed by atoms with Gasteiger partial charge in [0.25, 0.3) is 11.8 Å². The normalized spacial score (nSPS) is 13.1. The van der Waals surface area contributed by atoms with E-state index < -0.39 is 0 Å². The van der Waals surface area contributed by atoms with E-state index in [9.17, 15) is 9.59 Å². The quantitative estimate of drug-likeness (QED) is 0.462. The standard InChI is InChI=1S/C27H22N2O2/c30-26-23-14-4-5-15-24(23)27(31)29(26)18-22-13-7-11-20-10-6-12-21(25(20)22)17-28-16-19-8-2-1-3-9-19/h1-15,28H,16-18H2. The SMILES string of the molecule is O=C1c2ccccc2C(=O)N1Cc1cccc2cccc(CNCc3ccccc3)c12. The first-order chi connectivity index (χ1) is 15.2. The van der Waals surface area contributed by atoms with Crippen molar-refractivity contribution in [2.24, 2.45) is 0 Å². The van der Waals surface area contributed by atoms with Crippen molar-refractivity contribution in [2.75, 3.05) is 0 Å². The molecule has 1 aliphatic heterocycles. The van der Waals surface area contributed by atoms with Gasteiger partial charge in [0, 0.05) is 13.1 Å². The van der Waals surface area contributed by atoms with Gasteiger partial charge in [-0.25, -0.2) is 0 Å². The van der Waals surface area contributed by atoms with E-state index in [1.807, 2.05) is 36.4 Å². The zero-order chi connectivity index (χ0) is 21.2. The second kappa shape index (κ2) is 8.17. The molecule has 0 radical (unpaired) electrons. The molecule has 31 heavy (non-hydrogen) atoms. The molecule has 5 rings (SSSR count). The third-order valence-corrected chi connectivity index (χ3v) is 5.77. The van der Waals surface area contributed by atoms with E-state index in [2.05, 4.69) is 35.6 Å². The molecule has 0 atom stereocenters. The molecule has 0 fully saturated rings. The number of rotatable bonds is 6. The molecule has 1 N–H and O–H groups in total. The van der Waals surface area contributed by atoms with E-state index >= 15 is 0 Å². The summed E-state index contributed by atoms with van der Waals surface area (Å²) in [6.45, 7) is 1.74. The smallest absolute Gasteiger partial charge is 0.261 e. The number of carbonyl (C=O) groups excluding carboxylic acids is 2. The van der Waals surface area contributed by atoms with E-state index in [1.54, 1.807) is 24.3 Å². The fraction of sp³-hybridized carbons (Fsp3) is 0.111. The van der Waals surface area contributed by atoms with E-state index in [4.69, 9.17) is 0 Å². The molecule has 4 aromatic carbocycles. The van der Waals surface area contributed by atoms with Crippen molar-refractivity contribution in [3.8, 4) is 0 Å². The average Bonchev–Trinajstić information content (AvgIpc) is 3.05. The van der Waals surface area contributed by atoms with Crippen molar-refractivity contribution < 1.29 is 9.59 Å². The Morgan fingerprint density at radius 3 is 1.90 bits per heavy atom. The van der Waals surface area contributed by atoms with Gasteiger partial charge in [-0.3, -0.25) is 14.5 Å². The van der Waals surface area contributed by atoms with Gasteiger partial charge in [-0.2, -0.15) is 0 Å². The second-order valence-electron chi connectivity index (χ2n) is 7.76. The average molecular weight is 406 g/mol. The lowest BCUT2D eigenvalue weighted by atomic mass is 9.98. The molecule has 1 heterocycles. The van der Waals surface area contributed by atoms with Gasteiger partial charge in [0.2, 0.25) is 0 Å². The number of carbonyl (C=O) groups is 2. The summed E-state index contributed by atoms with van der Waals surface area (Å²) >= 11 is 0. The maximum Gasteiger partial charge on any atom is 0.261 e. The number of nitrogens with zero attached hydrogens (tertiary/aromatic N) is 1. The zero-order valence-electron chi connectivity index (χ0n) is 17.0. The minimum absolute atomic E-state index is 0.225. The molecular weight excluding hydrogens is 384 g/mol. The molecule has 0 saturated carbocycles. The summed E-state index contributed by atoms with van der Waals surface area (Å²) < 4.78 is 0. The van der Waals surface area contributed by atoms with Crippen molar-refractivity contribution >= 4 is 22.6 Å². The van der Waals surface area contributed by atoms with Crippen molar-refractivity contribution in [1.29, 1.82) is 0 Å². The molecular formula is C27H22N2O2. The molecule has 4 heteroatoms. The van der Waals surface area contributed by atoms with Crippen LogP contribution in [0.2, 0.25) is 0 Å². The molecule has 0 bridgehead atoms. The summed E-state index contributed by atoms with van der Waals surface area (Å²) in [6, 6.07) is 29.6. The summed E-state index contributed by atoms with van der Waals surface area (Å²) in [5, 5.41) is 5.72. The van der Waals surface area contributed by atoms with Gasteiger partial charge >= 0.3 is 0 Å². The highest BCUT2D eigenvalue weighted by Gasteiger charge is 2.35. The Balaban J connectivity index is 1.43. The zero-order valence-corrected chi connectivity index (χ0v) is 17.0. The summed E-state index contributed by atoms with van der Waals surface area (Å²) in [6.07, 6.45) is 0. The Morgan fingerprint density at radius 1 is 0.613 bits per heavy atom. The molecule has 1 aliphatic rings. The molecule has 4 aromatic rings. The van der Waals surface area contributed by atoms with Crippen molar-refractivity contribution in [1.82, 2.24) is 10.2 Å². The molecule has 0 aliphatic carbocycles. The van der Waals surface area contributed by atoms with E-state index in [0.717, 1.165) is 28.4 Å². The minimum atomic E-state index is -0.225. The summed E-state index contributed by atoms with van der Waals surface area (Å²) in [5.74, 6) is -0.449. The third kappa shape index (κ3) is 3.62. The van der Waals surface area contributed by atoms with E-state index in [-0.39, 0.29) is 18.4 Å². The van der Waals surface area contributed by atoms with E-state index in [1.165, 1.54) is 10.5 Å². The Morgan fingerprint density at radius 2 is 1.23 bits per heavy atom. The third-order valence-electron chi connectivity index (χ3n) is 5.77. The van der Waals surface area contributed by atoms with Gasteiger partial charge in [0.15, 0.2) is 0 Å². The van der Waals surface area contributed by atoms with Crippen LogP contribution in [0.25, 0.3) is 10.8 Å². The number of imide groups is 1. The number of hydrogen-bond donors (Lipinski definition) is 1. The summed E-state index contributed by atoms with van der Waals surface area (Å²) in [7, 11) is 0. The van der Waals surface area contributed by atoms with Crippen LogP contribution >= 0.6 is 0 Å². The van der Waals surface area contributed by atoms with Crippen LogP contribution in [0.1, 0.15) is 37.4 Å². The maximum absolute atomic E-state index is 12.9. The van der Waals surface area contributed by atoms with Crippen LogP contribution in [-0.4, -0.2) is 16.7 Å². The van der Waals surface area contributed by atoms with Gasteiger partial charge in [0.1, 0.15) is 0 Å². The van der Waals surface area contributed by atoms with Crippen molar-refractivity contribution in [3.63, 3.8) is 0 Å². The van der Waals surface area contributed by atoms with Crippen LogP contribution in [0.15, 0.2) is 91.0 Å². The highest BCUT2D eigenvalue weighted by atomic mass is 16.2.